The Balaban J connectivity index is 1.96. The predicted molar refractivity (Wildman–Crippen MR) is 81.1 cm³/mol. The molecule has 118 valence electrons. The minimum atomic E-state index is 0.0390. The van der Waals surface area contributed by atoms with E-state index in [0.29, 0.717) is 18.0 Å². The first-order chi connectivity index (χ1) is 10.1. The fourth-order valence-electron chi connectivity index (χ4n) is 2.75. The van der Waals surface area contributed by atoms with E-state index in [0.717, 1.165) is 51.3 Å². The summed E-state index contributed by atoms with van der Waals surface area (Å²) in [5.41, 5.74) is 7.12. The van der Waals surface area contributed by atoms with Gasteiger partial charge in [0.1, 0.15) is 0 Å². The van der Waals surface area contributed by atoms with Crippen LogP contribution in [0.4, 0.5) is 0 Å². The summed E-state index contributed by atoms with van der Waals surface area (Å²) < 4.78 is 7.33. The van der Waals surface area contributed by atoms with Crippen LogP contribution in [0.1, 0.15) is 35.3 Å². The number of aromatic nitrogens is 2. The zero-order valence-corrected chi connectivity index (χ0v) is 13.0. The highest BCUT2D eigenvalue weighted by Gasteiger charge is 2.22. The van der Waals surface area contributed by atoms with Gasteiger partial charge in [-0.1, -0.05) is 0 Å². The standard InChI is InChI=1S/C15H26N4O2/c1-12-14(9-17-19(12)7-4-6-16)15(20)18(2)10-13-5-3-8-21-11-13/h9,13H,3-8,10-11,16H2,1-2H3. The monoisotopic (exact) mass is 294 g/mol. The quantitative estimate of drug-likeness (QED) is 0.851. The lowest BCUT2D eigenvalue weighted by Gasteiger charge is -2.27. The fraction of sp³-hybridized carbons (Fsp3) is 0.733. The number of aryl methyl sites for hydroxylation is 1. The molecular formula is C15H26N4O2. The molecule has 0 saturated carbocycles. The van der Waals surface area contributed by atoms with Crippen LogP contribution in [0, 0.1) is 12.8 Å². The van der Waals surface area contributed by atoms with E-state index < -0.39 is 0 Å². The van der Waals surface area contributed by atoms with Gasteiger partial charge < -0.3 is 15.4 Å². The zero-order chi connectivity index (χ0) is 15.2. The van der Waals surface area contributed by atoms with Crippen LogP contribution in [0.5, 0.6) is 0 Å². The van der Waals surface area contributed by atoms with Gasteiger partial charge in [0.15, 0.2) is 0 Å². The summed E-state index contributed by atoms with van der Waals surface area (Å²) in [7, 11) is 1.85. The number of amides is 1. The Morgan fingerprint density at radius 2 is 2.43 bits per heavy atom. The molecular weight excluding hydrogens is 268 g/mol. The van der Waals surface area contributed by atoms with Crippen molar-refractivity contribution < 1.29 is 9.53 Å². The average Bonchev–Trinajstić information content (AvgIpc) is 2.86. The van der Waals surface area contributed by atoms with E-state index in [9.17, 15) is 4.79 Å². The van der Waals surface area contributed by atoms with Gasteiger partial charge in [-0.05, 0) is 38.6 Å². The van der Waals surface area contributed by atoms with Crippen molar-refractivity contribution in [3.8, 4) is 0 Å². The molecule has 1 aromatic heterocycles. The Morgan fingerprint density at radius 1 is 1.62 bits per heavy atom. The van der Waals surface area contributed by atoms with E-state index in [1.54, 1.807) is 11.1 Å². The smallest absolute Gasteiger partial charge is 0.257 e. The Kier molecular flexibility index (Phi) is 5.76. The third-order valence-corrected chi connectivity index (χ3v) is 4.04. The minimum Gasteiger partial charge on any atom is -0.381 e. The number of carbonyl (C=O) groups is 1. The van der Waals surface area contributed by atoms with Crippen molar-refractivity contribution in [2.75, 3.05) is 33.4 Å². The van der Waals surface area contributed by atoms with Crippen LogP contribution in [0.2, 0.25) is 0 Å². The summed E-state index contributed by atoms with van der Waals surface area (Å²) >= 11 is 0. The molecule has 0 spiro atoms. The van der Waals surface area contributed by atoms with Crippen LogP contribution in [-0.2, 0) is 11.3 Å². The molecule has 0 bridgehead atoms. The summed E-state index contributed by atoms with van der Waals surface area (Å²) in [6.45, 7) is 5.67. The first-order valence-corrected chi connectivity index (χ1v) is 7.69. The third kappa shape index (κ3) is 4.04. The van der Waals surface area contributed by atoms with Crippen LogP contribution in [0.25, 0.3) is 0 Å². The van der Waals surface area contributed by atoms with E-state index >= 15 is 0 Å². The fourth-order valence-corrected chi connectivity index (χ4v) is 2.75. The Bertz CT molecular complexity index is 466. The van der Waals surface area contributed by atoms with Crippen molar-refractivity contribution in [2.45, 2.75) is 32.7 Å². The molecule has 1 atom stereocenters. The summed E-state index contributed by atoms with van der Waals surface area (Å²) in [5, 5.41) is 4.29. The van der Waals surface area contributed by atoms with Crippen molar-refractivity contribution in [3.63, 3.8) is 0 Å². The Morgan fingerprint density at radius 3 is 3.10 bits per heavy atom. The Labute approximate surface area is 126 Å². The lowest BCUT2D eigenvalue weighted by molar-refractivity contribution is 0.0388. The molecule has 6 nitrogen and oxygen atoms in total. The normalized spacial score (nSPS) is 18.7. The Hall–Kier alpha value is -1.40. The minimum absolute atomic E-state index is 0.0390. The number of nitrogens with zero attached hydrogens (tertiary/aromatic N) is 3. The van der Waals surface area contributed by atoms with Crippen molar-refractivity contribution in [1.29, 1.82) is 0 Å². The second kappa shape index (κ2) is 7.56. The van der Waals surface area contributed by atoms with Gasteiger partial charge in [-0.25, -0.2) is 0 Å². The first kappa shape index (κ1) is 16.0. The highest BCUT2D eigenvalue weighted by Crippen LogP contribution is 2.17. The van der Waals surface area contributed by atoms with Crippen LogP contribution in [-0.4, -0.2) is 53.9 Å². The van der Waals surface area contributed by atoms with E-state index in [1.807, 2.05) is 18.7 Å². The van der Waals surface area contributed by atoms with E-state index in [1.165, 1.54) is 0 Å². The topological polar surface area (TPSA) is 73.4 Å². The van der Waals surface area contributed by atoms with Crippen molar-refractivity contribution in [3.05, 3.63) is 17.5 Å². The number of rotatable bonds is 6. The molecule has 2 heterocycles. The molecule has 1 aromatic rings. The van der Waals surface area contributed by atoms with Gasteiger partial charge in [-0.3, -0.25) is 9.48 Å². The molecule has 21 heavy (non-hydrogen) atoms. The molecule has 0 aliphatic carbocycles. The predicted octanol–water partition coefficient (Wildman–Crippen LogP) is 1.04. The molecule has 1 fully saturated rings. The number of nitrogens with two attached hydrogens (primary N) is 1. The molecule has 1 unspecified atom stereocenters. The molecule has 2 N–H and O–H groups in total. The van der Waals surface area contributed by atoms with Crippen molar-refractivity contribution in [1.82, 2.24) is 14.7 Å². The summed E-state index contributed by atoms with van der Waals surface area (Å²) in [4.78, 5) is 14.3. The van der Waals surface area contributed by atoms with E-state index in [2.05, 4.69) is 5.10 Å². The van der Waals surface area contributed by atoms with Gasteiger partial charge in [0.2, 0.25) is 0 Å². The van der Waals surface area contributed by atoms with Crippen LogP contribution in [0.3, 0.4) is 0 Å². The maximum Gasteiger partial charge on any atom is 0.257 e. The molecule has 1 amide bonds. The number of hydrogen-bond acceptors (Lipinski definition) is 4. The summed E-state index contributed by atoms with van der Waals surface area (Å²) in [6, 6.07) is 0. The molecule has 2 rings (SSSR count). The zero-order valence-electron chi connectivity index (χ0n) is 13.0. The second-order valence-electron chi connectivity index (χ2n) is 5.78. The van der Waals surface area contributed by atoms with Crippen LogP contribution >= 0.6 is 0 Å². The van der Waals surface area contributed by atoms with E-state index in [4.69, 9.17) is 10.5 Å². The maximum absolute atomic E-state index is 12.5. The highest BCUT2D eigenvalue weighted by atomic mass is 16.5. The van der Waals surface area contributed by atoms with Gasteiger partial charge in [-0.15, -0.1) is 0 Å². The van der Waals surface area contributed by atoms with Gasteiger partial charge in [-0.2, -0.15) is 5.10 Å². The van der Waals surface area contributed by atoms with Crippen molar-refractivity contribution >= 4 is 5.91 Å². The maximum atomic E-state index is 12.5. The van der Waals surface area contributed by atoms with Gasteiger partial charge in [0.25, 0.3) is 5.91 Å². The number of ether oxygens (including phenoxy) is 1. The molecule has 0 radical (unpaired) electrons. The third-order valence-electron chi connectivity index (χ3n) is 4.04. The lowest BCUT2D eigenvalue weighted by atomic mass is 10.0. The van der Waals surface area contributed by atoms with Gasteiger partial charge in [0, 0.05) is 32.4 Å². The largest absolute Gasteiger partial charge is 0.381 e. The average molecular weight is 294 g/mol. The van der Waals surface area contributed by atoms with E-state index in [-0.39, 0.29) is 5.91 Å². The second-order valence-corrected chi connectivity index (χ2v) is 5.78. The van der Waals surface area contributed by atoms with Crippen LogP contribution < -0.4 is 5.73 Å². The SMILES string of the molecule is Cc1c(C(=O)N(C)CC2CCCOC2)cnn1CCCN. The number of hydrogen-bond donors (Lipinski definition) is 1. The first-order valence-electron chi connectivity index (χ1n) is 7.69. The molecule has 1 aliphatic heterocycles. The summed E-state index contributed by atoms with van der Waals surface area (Å²) in [6.07, 6.45) is 4.75. The highest BCUT2D eigenvalue weighted by molar-refractivity contribution is 5.94. The molecule has 1 aliphatic rings. The van der Waals surface area contributed by atoms with Crippen molar-refractivity contribution in [2.24, 2.45) is 11.7 Å². The molecule has 6 heteroatoms. The lowest BCUT2D eigenvalue weighted by Crippen LogP contribution is -2.35. The van der Waals surface area contributed by atoms with Crippen LogP contribution in [0.15, 0.2) is 6.20 Å². The molecule has 1 saturated heterocycles. The molecule has 0 aromatic carbocycles. The van der Waals surface area contributed by atoms with Gasteiger partial charge in [0.05, 0.1) is 18.4 Å². The van der Waals surface area contributed by atoms with Gasteiger partial charge >= 0.3 is 0 Å². The summed E-state index contributed by atoms with van der Waals surface area (Å²) in [5.74, 6) is 0.484. The number of carbonyl (C=O) groups excluding carboxylic acids is 1.